The van der Waals surface area contributed by atoms with E-state index in [1.807, 2.05) is 19.9 Å². The zero-order valence-electron chi connectivity index (χ0n) is 22.5. The molecule has 34 heavy (non-hydrogen) atoms. The quantitative estimate of drug-likeness (QED) is 0.465. The Morgan fingerprint density at radius 1 is 1.03 bits per heavy atom. The lowest BCUT2D eigenvalue weighted by atomic mass is 9.38. The molecule has 10 atom stereocenters. The van der Waals surface area contributed by atoms with Gasteiger partial charge in [-0.05, 0) is 87.4 Å². The van der Waals surface area contributed by atoms with E-state index >= 15 is 0 Å². The molecule has 3 saturated carbocycles. The maximum Gasteiger partial charge on any atom is 0.162 e. The molecule has 5 aliphatic rings. The fraction of sp³-hybridized carbons (Fsp3) is 0.867. The summed E-state index contributed by atoms with van der Waals surface area (Å²) in [6.07, 6.45) is 14.9. The molecular formula is C30H48O4. The van der Waals surface area contributed by atoms with Crippen LogP contribution in [-0.4, -0.2) is 38.9 Å². The number of aliphatic hydroxyl groups excluding tert-OH is 2. The minimum atomic E-state index is -0.769. The van der Waals surface area contributed by atoms with E-state index in [-0.39, 0.29) is 22.2 Å². The molecule has 1 saturated heterocycles. The molecule has 4 heteroatoms. The average Bonchev–Trinajstić information content (AvgIpc) is 3.09. The van der Waals surface area contributed by atoms with Gasteiger partial charge in [0.05, 0.1) is 11.7 Å². The van der Waals surface area contributed by atoms with Crippen LogP contribution in [0, 0.1) is 45.3 Å². The molecule has 0 aromatic carbocycles. The van der Waals surface area contributed by atoms with Crippen molar-refractivity contribution in [3.63, 3.8) is 0 Å². The Balaban J connectivity index is 1.50. The van der Waals surface area contributed by atoms with Crippen LogP contribution >= 0.6 is 0 Å². The fourth-order valence-electron chi connectivity index (χ4n) is 9.98. The Bertz CT molecular complexity index is 885. The Morgan fingerprint density at radius 3 is 2.41 bits per heavy atom. The van der Waals surface area contributed by atoms with Crippen LogP contribution in [0.4, 0.5) is 0 Å². The predicted molar refractivity (Wildman–Crippen MR) is 135 cm³/mol. The van der Waals surface area contributed by atoms with Gasteiger partial charge in [0.25, 0.3) is 0 Å². The van der Waals surface area contributed by atoms with Crippen LogP contribution in [0.25, 0.3) is 0 Å². The van der Waals surface area contributed by atoms with Crippen LogP contribution < -0.4 is 0 Å². The summed E-state index contributed by atoms with van der Waals surface area (Å²) in [5.41, 5.74) is -1.67. The predicted octanol–water partition coefficient (Wildman–Crippen LogP) is 5.61. The lowest BCUT2D eigenvalue weighted by Crippen LogP contribution is -2.65. The van der Waals surface area contributed by atoms with E-state index < -0.39 is 29.0 Å². The van der Waals surface area contributed by atoms with Crippen molar-refractivity contribution in [2.45, 2.75) is 117 Å². The second-order valence-corrected chi connectivity index (χ2v) is 14.3. The van der Waals surface area contributed by atoms with Gasteiger partial charge in [-0.25, -0.2) is 0 Å². The van der Waals surface area contributed by atoms with E-state index in [0.717, 1.165) is 32.1 Å². The zero-order valence-corrected chi connectivity index (χ0v) is 22.5. The average molecular weight is 473 g/mol. The number of fused-ring (bicyclic) bond motifs is 2. The lowest BCUT2D eigenvalue weighted by molar-refractivity contribution is -0.213. The van der Waals surface area contributed by atoms with Gasteiger partial charge in [-0.2, -0.15) is 0 Å². The first-order chi connectivity index (χ1) is 15.7. The molecule has 0 aromatic heterocycles. The fourth-order valence-corrected chi connectivity index (χ4v) is 9.98. The van der Waals surface area contributed by atoms with Gasteiger partial charge < -0.3 is 20.1 Å². The molecule has 1 spiro atoms. The number of rotatable bonds is 4. The summed E-state index contributed by atoms with van der Waals surface area (Å²) in [4.78, 5) is 0. The van der Waals surface area contributed by atoms with E-state index in [4.69, 9.17) is 4.74 Å². The van der Waals surface area contributed by atoms with Crippen LogP contribution in [0.5, 0.6) is 0 Å². The highest BCUT2D eigenvalue weighted by atomic mass is 16.6. The molecule has 4 nitrogen and oxygen atoms in total. The van der Waals surface area contributed by atoms with Crippen molar-refractivity contribution in [3.8, 4) is 0 Å². The molecule has 2 bridgehead atoms. The first-order valence-corrected chi connectivity index (χ1v) is 13.8. The van der Waals surface area contributed by atoms with Crippen LogP contribution in [0.3, 0.4) is 0 Å². The number of allylic oxidation sites excluding steroid dienone is 2. The Labute approximate surface area is 206 Å². The number of aliphatic hydroxyl groups is 3. The first-order valence-electron chi connectivity index (χ1n) is 13.8. The topological polar surface area (TPSA) is 69.9 Å². The van der Waals surface area contributed by atoms with Crippen LogP contribution in [-0.2, 0) is 4.74 Å². The summed E-state index contributed by atoms with van der Waals surface area (Å²) < 4.78 is 6.58. The van der Waals surface area contributed by atoms with Crippen molar-refractivity contribution in [1.82, 2.24) is 0 Å². The zero-order chi connectivity index (χ0) is 24.9. The molecule has 3 N–H and O–H groups in total. The SMILES string of the molecule is C[C@H](C/C=C/C(C)(C)O)[C@H]1CC[C@@]2(C)[C@@H]3C=C[C@@]45O[C@H](O)C3(CC[C@]12C)[C@@H]4CC[C@H](O)C5(C)C. The van der Waals surface area contributed by atoms with Crippen molar-refractivity contribution in [3.05, 3.63) is 24.3 Å². The smallest absolute Gasteiger partial charge is 0.162 e. The van der Waals surface area contributed by atoms with E-state index in [9.17, 15) is 15.3 Å². The van der Waals surface area contributed by atoms with E-state index in [1.165, 1.54) is 12.8 Å². The third kappa shape index (κ3) is 2.92. The van der Waals surface area contributed by atoms with Gasteiger partial charge in [0, 0.05) is 16.7 Å². The molecule has 192 valence electrons. The van der Waals surface area contributed by atoms with Gasteiger partial charge in [0.2, 0.25) is 0 Å². The first kappa shape index (κ1) is 25.0. The van der Waals surface area contributed by atoms with E-state index in [2.05, 4.69) is 52.8 Å². The molecule has 4 fully saturated rings. The summed E-state index contributed by atoms with van der Waals surface area (Å²) in [5, 5.41) is 32.6. The standard InChI is InChI=1S/C30H48O4/c1-19(9-8-14-25(2,3)33)20-12-15-28(7)21-13-16-30-22(10-11-23(31)26(30,4)5)29(21,24(32)34-30)18-17-27(20,28)6/h8,13-14,16,19-24,31-33H,9-12,15,17-18H2,1-7H3/b14-8+/t19-,20-,21+,22+,23+,24+,27-,28+,29?,30-/m1/s1. The Hall–Kier alpha value is -0.680. The molecule has 0 amide bonds. The highest BCUT2D eigenvalue weighted by Crippen LogP contribution is 2.78. The summed E-state index contributed by atoms with van der Waals surface area (Å²) in [6, 6.07) is 0. The second-order valence-electron chi connectivity index (χ2n) is 14.3. The van der Waals surface area contributed by atoms with Gasteiger partial charge in [-0.3, -0.25) is 0 Å². The molecule has 1 unspecified atom stereocenters. The molecule has 5 rings (SSSR count). The molecule has 1 heterocycles. The summed E-state index contributed by atoms with van der Waals surface area (Å²) in [5.74, 6) is 1.74. The third-order valence-electron chi connectivity index (χ3n) is 12.2. The largest absolute Gasteiger partial charge is 0.392 e. The van der Waals surface area contributed by atoms with Gasteiger partial charge >= 0.3 is 0 Å². The van der Waals surface area contributed by atoms with Crippen molar-refractivity contribution >= 4 is 0 Å². The van der Waals surface area contributed by atoms with Crippen molar-refractivity contribution in [2.24, 2.45) is 45.3 Å². The Kier molecular flexibility index (Phi) is 5.46. The molecule has 1 aliphatic heterocycles. The lowest BCUT2D eigenvalue weighted by Gasteiger charge is -2.65. The number of hydrogen-bond acceptors (Lipinski definition) is 4. The van der Waals surface area contributed by atoms with Crippen molar-refractivity contribution < 1.29 is 20.1 Å². The number of ether oxygens (including phenoxy) is 1. The highest BCUT2D eigenvalue weighted by molar-refractivity contribution is 5.34. The van der Waals surface area contributed by atoms with Crippen LogP contribution in [0.15, 0.2) is 24.3 Å². The molecule has 0 aromatic rings. The normalized spacial score (nSPS) is 52.4. The summed E-state index contributed by atoms with van der Waals surface area (Å²) >= 11 is 0. The van der Waals surface area contributed by atoms with Crippen molar-refractivity contribution in [2.75, 3.05) is 0 Å². The van der Waals surface area contributed by atoms with Crippen LogP contribution in [0.2, 0.25) is 0 Å². The summed E-state index contributed by atoms with van der Waals surface area (Å²) in [6.45, 7) is 15.3. The van der Waals surface area contributed by atoms with Gasteiger partial charge in [-0.1, -0.05) is 58.9 Å². The summed E-state index contributed by atoms with van der Waals surface area (Å²) in [7, 11) is 0. The van der Waals surface area contributed by atoms with Gasteiger partial charge in [-0.15, -0.1) is 0 Å². The molecule has 0 radical (unpaired) electrons. The minimum absolute atomic E-state index is 0.113. The Morgan fingerprint density at radius 2 is 1.74 bits per heavy atom. The highest BCUT2D eigenvalue weighted by Gasteiger charge is 2.78. The minimum Gasteiger partial charge on any atom is -0.392 e. The number of hydrogen-bond donors (Lipinski definition) is 3. The van der Waals surface area contributed by atoms with Gasteiger partial charge in [0.15, 0.2) is 6.29 Å². The second kappa shape index (κ2) is 7.43. The maximum atomic E-state index is 11.6. The monoisotopic (exact) mass is 472 g/mol. The van der Waals surface area contributed by atoms with Crippen molar-refractivity contribution in [1.29, 1.82) is 0 Å². The molecular weight excluding hydrogens is 424 g/mol. The molecule has 4 aliphatic carbocycles. The third-order valence-corrected chi connectivity index (χ3v) is 12.2. The van der Waals surface area contributed by atoms with E-state index in [1.54, 1.807) is 0 Å². The van der Waals surface area contributed by atoms with E-state index in [0.29, 0.717) is 17.8 Å². The van der Waals surface area contributed by atoms with Gasteiger partial charge in [0.1, 0.15) is 5.60 Å². The van der Waals surface area contributed by atoms with Crippen LogP contribution in [0.1, 0.15) is 93.4 Å². The maximum absolute atomic E-state index is 11.6.